The van der Waals surface area contributed by atoms with E-state index in [1.807, 2.05) is 37.3 Å². The Morgan fingerprint density at radius 2 is 1.82 bits per heavy atom. The molecule has 3 heteroatoms. The normalized spacial score (nSPS) is 10.2. The van der Waals surface area contributed by atoms with Crippen molar-refractivity contribution in [1.82, 2.24) is 0 Å². The molecule has 0 aliphatic heterocycles. The predicted octanol–water partition coefficient (Wildman–Crippen LogP) is 3.81. The van der Waals surface area contributed by atoms with Crippen molar-refractivity contribution in [2.75, 3.05) is 5.73 Å². The zero-order chi connectivity index (χ0) is 12.3. The molecule has 2 aromatic rings. The number of rotatable bonds is 3. The van der Waals surface area contributed by atoms with Crippen molar-refractivity contribution in [3.8, 4) is 5.75 Å². The minimum atomic E-state index is 0.492. The van der Waals surface area contributed by atoms with Crippen molar-refractivity contribution >= 4 is 17.3 Å². The fraction of sp³-hybridized carbons (Fsp3) is 0.143. The zero-order valence-electron chi connectivity index (χ0n) is 9.61. The second-order valence-corrected chi connectivity index (χ2v) is 4.27. The lowest BCUT2D eigenvalue weighted by atomic mass is 10.2. The smallest absolute Gasteiger partial charge is 0.147 e. The molecular formula is C14H14ClNO. The second-order valence-electron chi connectivity index (χ2n) is 3.87. The Hall–Kier alpha value is -1.67. The molecule has 2 N–H and O–H groups in total. The van der Waals surface area contributed by atoms with Gasteiger partial charge in [-0.1, -0.05) is 41.9 Å². The highest BCUT2D eigenvalue weighted by atomic mass is 35.5. The van der Waals surface area contributed by atoms with E-state index in [2.05, 4.69) is 0 Å². The van der Waals surface area contributed by atoms with Crippen LogP contribution in [-0.4, -0.2) is 0 Å². The Bertz CT molecular complexity index is 511. The van der Waals surface area contributed by atoms with Crippen LogP contribution in [0.5, 0.6) is 5.75 Å². The Balaban J connectivity index is 2.17. The summed E-state index contributed by atoms with van der Waals surface area (Å²) in [4.78, 5) is 0. The first-order valence-corrected chi connectivity index (χ1v) is 5.77. The van der Waals surface area contributed by atoms with Gasteiger partial charge in [0.25, 0.3) is 0 Å². The van der Waals surface area contributed by atoms with Gasteiger partial charge < -0.3 is 10.5 Å². The van der Waals surface area contributed by atoms with Crippen LogP contribution >= 0.6 is 11.6 Å². The van der Waals surface area contributed by atoms with E-state index in [9.17, 15) is 0 Å². The third-order valence-corrected chi connectivity index (χ3v) is 3.01. The van der Waals surface area contributed by atoms with E-state index in [0.717, 1.165) is 11.1 Å². The van der Waals surface area contributed by atoms with Crippen LogP contribution in [0.25, 0.3) is 0 Å². The SMILES string of the molecule is Cc1c(Cl)ccc(N)c1OCc1ccccc1. The molecule has 0 aliphatic carbocycles. The summed E-state index contributed by atoms with van der Waals surface area (Å²) in [6.45, 7) is 2.39. The van der Waals surface area contributed by atoms with Crippen LogP contribution in [0.4, 0.5) is 5.69 Å². The molecule has 0 aliphatic rings. The van der Waals surface area contributed by atoms with E-state index in [-0.39, 0.29) is 0 Å². The van der Waals surface area contributed by atoms with Crippen molar-refractivity contribution in [3.05, 3.63) is 58.6 Å². The van der Waals surface area contributed by atoms with E-state index in [4.69, 9.17) is 22.1 Å². The number of benzene rings is 2. The van der Waals surface area contributed by atoms with Crippen molar-refractivity contribution in [3.63, 3.8) is 0 Å². The van der Waals surface area contributed by atoms with Gasteiger partial charge in [0.15, 0.2) is 0 Å². The number of anilines is 1. The van der Waals surface area contributed by atoms with Crippen molar-refractivity contribution < 1.29 is 4.74 Å². The molecule has 0 bridgehead atoms. The van der Waals surface area contributed by atoms with Gasteiger partial charge in [-0.25, -0.2) is 0 Å². The van der Waals surface area contributed by atoms with Gasteiger partial charge in [-0.3, -0.25) is 0 Å². The second kappa shape index (κ2) is 5.11. The molecule has 2 nitrogen and oxygen atoms in total. The fourth-order valence-corrected chi connectivity index (χ4v) is 1.76. The van der Waals surface area contributed by atoms with Crippen LogP contribution in [0.15, 0.2) is 42.5 Å². The molecular weight excluding hydrogens is 234 g/mol. The minimum Gasteiger partial charge on any atom is -0.486 e. The summed E-state index contributed by atoms with van der Waals surface area (Å²) in [6, 6.07) is 13.5. The Morgan fingerprint density at radius 1 is 1.12 bits per heavy atom. The van der Waals surface area contributed by atoms with E-state index < -0.39 is 0 Å². The molecule has 0 atom stereocenters. The van der Waals surface area contributed by atoms with Crippen molar-refractivity contribution in [2.24, 2.45) is 0 Å². The van der Waals surface area contributed by atoms with Gasteiger partial charge in [0.05, 0.1) is 5.69 Å². The summed E-state index contributed by atoms with van der Waals surface area (Å²) in [7, 11) is 0. The average Bonchev–Trinajstić information content (AvgIpc) is 2.35. The van der Waals surface area contributed by atoms with E-state index in [0.29, 0.717) is 23.1 Å². The van der Waals surface area contributed by atoms with Crippen LogP contribution < -0.4 is 10.5 Å². The lowest BCUT2D eigenvalue weighted by molar-refractivity contribution is 0.306. The fourth-order valence-electron chi connectivity index (χ4n) is 1.61. The molecule has 17 heavy (non-hydrogen) atoms. The van der Waals surface area contributed by atoms with E-state index >= 15 is 0 Å². The van der Waals surface area contributed by atoms with Gasteiger partial charge in [-0.15, -0.1) is 0 Å². The van der Waals surface area contributed by atoms with Crippen molar-refractivity contribution in [2.45, 2.75) is 13.5 Å². The molecule has 88 valence electrons. The first kappa shape index (κ1) is 11.8. The number of hydrogen-bond donors (Lipinski definition) is 1. The molecule has 0 spiro atoms. The maximum Gasteiger partial charge on any atom is 0.147 e. The molecule has 0 saturated heterocycles. The predicted molar refractivity (Wildman–Crippen MR) is 71.4 cm³/mol. The molecule has 0 amide bonds. The standard InChI is InChI=1S/C14H14ClNO/c1-10-12(15)7-8-13(16)14(10)17-9-11-5-3-2-4-6-11/h2-8H,9,16H2,1H3. The summed E-state index contributed by atoms with van der Waals surface area (Å²) >= 11 is 6.03. The molecule has 0 fully saturated rings. The molecule has 0 radical (unpaired) electrons. The molecule has 0 saturated carbocycles. The van der Waals surface area contributed by atoms with Crippen molar-refractivity contribution in [1.29, 1.82) is 0 Å². The number of halogens is 1. The van der Waals surface area contributed by atoms with Gasteiger partial charge in [-0.05, 0) is 24.6 Å². The number of ether oxygens (including phenoxy) is 1. The molecule has 2 aromatic carbocycles. The van der Waals surface area contributed by atoms with Gasteiger partial charge in [0.1, 0.15) is 12.4 Å². The molecule has 0 unspecified atom stereocenters. The highest BCUT2D eigenvalue weighted by Crippen LogP contribution is 2.32. The number of nitrogens with two attached hydrogens (primary N) is 1. The van der Waals surface area contributed by atoms with Gasteiger partial charge in [0, 0.05) is 10.6 Å². The summed E-state index contributed by atoms with van der Waals surface area (Å²) in [6.07, 6.45) is 0. The summed E-state index contributed by atoms with van der Waals surface area (Å²) in [5, 5.41) is 0.669. The first-order chi connectivity index (χ1) is 8.18. The molecule has 0 aromatic heterocycles. The van der Waals surface area contributed by atoms with Crippen LogP contribution in [0.2, 0.25) is 5.02 Å². The van der Waals surface area contributed by atoms with Crippen LogP contribution in [0, 0.1) is 6.92 Å². The number of hydrogen-bond acceptors (Lipinski definition) is 2. The quantitative estimate of drug-likeness (QED) is 0.837. The zero-order valence-corrected chi connectivity index (χ0v) is 10.4. The highest BCUT2D eigenvalue weighted by molar-refractivity contribution is 6.31. The average molecular weight is 248 g/mol. The topological polar surface area (TPSA) is 35.2 Å². The Morgan fingerprint density at radius 3 is 2.53 bits per heavy atom. The van der Waals surface area contributed by atoms with E-state index in [1.165, 1.54) is 0 Å². The van der Waals surface area contributed by atoms with E-state index in [1.54, 1.807) is 12.1 Å². The third-order valence-electron chi connectivity index (χ3n) is 2.60. The summed E-state index contributed by atoms with van der Waals surface area (Å²) < 4.78 is 5.72. The molecule has 2 rings (SSSR count). The summed E-state index contributed by atoms with van der Waals surface area (Å²) in [5.41, 5.74) is 8.46. The van der Waals surface area contributed by atoms with Gasteiger partial charge >= 0.3 is 0 Å². The summed E-state index contributed by atoms with van der Waals surface area (Å²) in [5.74, 6) is 0.668. The third kappa shape index (κ3) is 2.71. The van der Waals surface area contributed by atoms with Gasteiger partial charge in [-0.2, -0.15) is 0 Å². The lowest BCUT2D eigenvalue weighted by Crippen LogP contribution is -2.00. The van der Waals surface area contributed by atoms with Gasteiger partial charge in [0.2, 0.25) is 0 Å². The maximum absolute atomic E-state index is 6.03. The van der Waals surface area contributed by atoms with Crippen LogP contribution in [0.1, 0.15) is 11.1 Å². The number of nitrogen functional groups attached to an aromatic ring is 1. The Labute approximate surface area is 106 Å². The maximum atomic E-state index is 6.03. The first-order valence-electron chi connectivity index (χ1n) is 5.40. The van der Waals surface area contributed by atoms with Crippen LogP contribution in [0.3, 0.4) is 0 Å². The molecule has 0 heterocycles. The largest absolute Gasteiger partial charge is 0.486 e. The minimum absolute atomic E-state index is 0.492. The van der Waals surface area contributed by atoms with Crippen LogP contribution in [-0.2, 0) is 6.61 Å². The monoisotopic (exact) mass is 247 g/mol. The highest BCUT2D eigenvalue weighted by Gasteiger charge is 2.08. The Kier molecular flexibility index (Phi) is 3.55. The lowest BCUT2D eigenvalue weighted by Gasteiger charge is -2.12.